The first-order valence-corrected chi connectivity index (χ1v) is 9.77. The quantitative estimate of drug-likeness (QED) is 0.668. The number of nitrogens with zero attached hydrogens (tertiary/aromatic N) is 1. The van der Waals surface area contributed by atoms with E-state index < -0.39 is 38.0 Å². The van der Waals surface area contributed by atoms with Crippen molar-refractivity contribution in [2.24, 2.45) is 0 Å². The van der Waals surface area contributed by atoms with Gasteiger partial charge in [0.15, 0.2) is 0 Å². The van der Waals surface area contributed by atoms with E-state index in [9.17, 15) is 30.8 Å². The Morgan fingerprint density at radius 2 is 1.64 bits per heavy atom. The minimum absolute atomic E-state index is 0.117. The molecular weight excluding hydrogens is 400 g/mol. The zero-order valence-electron chi connectivity index (χ0n) is 14.8. The van der Waals surface area contributed by atoms with Gasteiger partial charge in [-0.25, -0.2) is 17.2 Å². The number of likely N-dealkylation sites (N-methyl/N-ethyl adjacent to an activating group) is 1. The Balaban J connectivity index is 2.02. The molecule has 0 aromatic heterocycles. The molecule has 0 bridgehead atoms. The molecule has 2 rings (SSSR count). The van der Waals surface area contributed by atoms with E-state index in [2.05, 4.69) is 5.32 Å². The molecule has 0 fully saturated rings. The van der Waals surface area contributed by atoms with Crippen molar-refractivity contribution in [1.82, 2.24) is 4.90 Å². The Morgan fingerprint density at radius 3 is 2.14 bits per heavy atom. The van der Waals surface area contributed by atoms with Crippen LogP contribution in [0.5, 0.6) is 0 Å². The summed E-state index contributed by atoms with van der Waals surface area (Å²) in [6, 6.07) is 7.78. The molecule has 0 unspecified atom stereocenters. The predicted molar refractivity (Wildman–Crippen MR) is 95.6 cm³/mol. The second kappa shape index (κ2) is 9.16. The molecule has 10 heteroatoms. The number of hydrogen-bond acceptors (Lipinski definition) is 4. The Hall–Kier alpha value is -2.46. The van der Waals surface area contributed by atoms with Crippen molar-refractivity contribution in [3.63, 3.8) is 0 Å². The van der Waals surface area contributed by atoms with E-state index in [4.69, 9.17) is 0 Å². The third kappa shape index (κ3) is 5.29. The van der Waals surface area contributed by atoms with Crippen molar-refractivity contribution in [2.75, 3.05) is 18.4 Å². The van der Waals surface area contributed by atoms with E-state index >= 15 is 0 Å². The van der Waals surface area contributed by atoms with Gasteiger partial charge in [0.05, 0.1) is 11.4 Å². The number of rotatable bonds is 8. The number of alkyl halides is 2. The number of benzene rings is 2. The minimum atomic E-state index is -4.71. The molecule has 152 valence electrons. The molecule has 0 heterocycles. The highest BCUT2D eigenvalue weighted by atomic mass is 32.2. The van der Waals surface area contributed by atoms with Gasteiger partial charge in [-0.3, -0.25) is 9.69 Å². The molecule has 0 radical (unpaired) electrons. The fourth-order valence-corrected chi connectivity index (χ4v) is 3.14. The molecule has 1 N–H and O–H groups in total. The Kier molecular flexibility index (Phi) is 7.14. The van der Waals surface area contributed by atoms with Gasteiger partial charge in [-0.05, 0) is 42.9 Å². The molecule has 0 saturated carbocycles. The van der Waals surface area contributed by atoms with Gasteiger partial charge in [0.1, 0.15) is 11.6 Å². The van der Waals surface area contributed by atoms with Crippen molar-refractivity contribution in [2.45, 2.75) is 24.1 Å². The van der Waals surface area contributed by atoms with Gasteiger partial charge < -0.3 is 5.32 Å². The summed E-state index contributed by atoms with van der Waals surface area (Å²) in [5.41, 5.74) is 0.0463. The maximum Gasteiger partial charge on any atom is 0.341 e. The molecule has 0 aliphatic carbocycles. The van der Waals surface area contributed by atoms with Crippen molar-refractivity contribution in [3.8, 4) is 0 Å². The summed E-state index contributed by atoms with van der Waals surface area (Å²) >= 11 is 0. The first-order chi connectivity index (χ1) is 13.1. The van der Waals surface area contributed by atoms with E-state index in [1.807, 2.05) is 0 Å². The second-order valence-corrected chi connectivity index (χ2v) is 7.80. The molecule has 0 aliphatic heterocycles. The lowest BCUT2D eigenvalue weighted by Crippen LogP contribution is -2.33. The van der Waals surface area contributed by atoms with E-state index in [0.717, 1.165) is 24.3 Å². The normalized spacial score (nSPS) is 11.8. The fourth-order valence-electron chi connectivity index (χ4n) is 2.42. The molecule has 0 aliphatic rings. The van der Waals surface area contributed by atoms with Crippen LogP contribution < -0.4 is 5.32 Å². The number of amides is 1. The smallest absolute Gasteiger partial charge is 0.325 e. The second-order valence-electron chi connectivity index (χ2n) is 5.88. The largest absolute Gasteiger partial charge is 0.341 e. The summed E-state index contributed by atoms with van der Waals surface area (Å²) in [6.07, 6.45) is 0. The molecule has 0 saturated heterocycles. The van der Waals surface area contributed by atoms with Gasteiger partial charge in [0, 0.05) is 17.8 Å². The highest BCUT2D eigenvalue weighted by Crippen LogP contribution is 2.20. The van der Waals surface area contributed by atoms with Gasteiger partial charge in [0.25, 0.3) is 0 Å². The van der Waals surface area contributed by atoms with Gasteiger partial charge >= 0.3 is 5.76 Å². The van der Waals surface area contributed by atoms with Crippen molar-refractivity contribution < 1.29 is 30.8 Å². The Bertz CT molecular complexity index is 914. The maximum atomic E-state index is 13.8. The number of carbonyl (C=O) groups is 1. The average molecular weight is 418 g/mol. The number of sulfone groups is 1. The lowest BCUT2D eigenvalue weighted by atomic mass is 10.2. The summed E-state index contributed by atoms with van der Waals surface area (Å²) in [4.78, 5) is 13.1. The monoisotopic (exact) mass is 418 g/mol. The van der Waals surface area contributed by atoms with Crippen LogP contribution in [0.2, 0.25) is 0 Å². The standard InChI is InChI=1S/C18H18F4N2O3S/c1-2-24(10-14-15(19)4-3-5-16(14)20)11-17(25)23-12-6-8-13(9-7-12)28(26,27)18(21)22/h3-9,18H,2,10-11H2,1H3,(H,23,25). The van der Waals surface area contributed by atoms with Gasteiger partial charge in [-0.1, -0.05) is 13.0 Å². The first-order valence-electron chi connectivity index (χ1n) is 8.22. The van der Waals surface area contributed by atoms with E-state index in [1.54, 1.807) is 6.92 Å². The van der Waals surface area contributed by atoms with Crippen molar-refractivity contribution in [1.29, 1.82) is 0 Å². The van der Waals surface area contributed by atoms with Crippen molar-refractivity contribution >= 4 is 21.4 Å². The molecular formula is C18H18F4N2O3S. The molecule has 1 amide bonds. The molecule has 28 heavy (non-hydrogen) atoms. The van der Waals surface area contributed by atoms with Gasteiger partial charge in [-0.2, -0.15) is 8.78 Å². The van der Waals surface area contributed by atoms with Crippen LogP contribution in [0.1, 0.15) is 12.5 Å². The third-order valence-corrected chi connectivity index (χ3v) is 5.36. The van der Waals surface area contributed by atoms with Crippen LogP contribution >= 0.6 is 0 Å². The Morgan fingerprint density at radius 1 is 1.07 bits per heavy atom. The van der Waals surface area contributed by atoms with Crippen LogP contribution in [0.25, 0.3) is 0 Å². The average Bonchev–Trinajstić information content (AvgIpc) is 2.64. The minimum Gasteiger partial charge on any atom is -0.325 e. The highest BCUT2D eigenvalue weighted by molar-refractivity contribution is 7.91. The molecule has 5 nitrogen and oxygen atoms in total. The van der Waals surface area contributed by atoms with Crippen LogP contribution in [-0.4, -0.2) is 38.1 Å². The predicted octanol–water partition coefficient (Wildman–Crippen LogP) is 3.42. The summed E-state index contributed by atoms with van der Waals surface area (Å²) in [6.45, 7) is 1.76. The number of anilines is 1. The zero-order chi connectivity index (χ0) is 20.9. The number of carbonyl (C=O) groups excluding carboxylic acids is 1. The van der Waals surface area contributed by atoms with Crippen LogP contribution in [0.4, 0.5) is 23.2 Å². The molecule has 0 spiro atoms. The Labute approximate surface area is 159 Å². The lowest BCUT2D eigenvalue weighted by molar-refractivity contribution is -0.117. The van der Waals surface area contributed by atoms with Crippen LogP contribution in [0, 0.1) is 11.6 Å². The summed E-state index contributed by atoms with van der Waals surface area (Å²) in [7, 11) is -4.71. The van der Waals surface area contributed by atoms with E-state index in [-0.39, 0.29) is 24.3 Å². The first kappa shape index (κ1) is 21.8. The number of halogens is 4. The summed E-state index contributed by atoms with van der Waals surface area (Å²) in [5.74, 6) is -5.47. The van der Waals surface area contributed by atoms with Crippen LogP contribution in [0.15, 0.2) is 47.4 Å². The van der Waals surface area contributed by atoms with Crippen molar-refractivity contribution in [3.05, 3.63) is 59.7 Å². The molecule has 0 atom stereocenters. The summed E-state index contributed by atoms with van der Waals surface area (Å²) < 4.78 is 75.3. The lowest BCUT2D eigenvalue weighted by Gasteiger charge is -2.20. The number of hydrogen-bond donors (Lipinski definition) is 1. The molecule has 2 aromatic rings. The molecule has 2 aromatic carbocycles. The van der Waals surface area contributed by atoms with Crippen LogP contribution in [0.3, 0.4) is 0 Å². The van der Waals surface area contributed by atoms with Gasteiger partial charge in [0.2, 0.25) is 15.7 Å². The van der Waals surface area contributed by atoms with Crippen LogP contribution in [-0.2, 0) is 21.2 Å². The zero-order valence-corrected chi connectivity index (χ0v) is 15.6. The SMILES string of the molecule is CCN(CC(=O)Nc1ccc(S(=O)(=O)C(F)F)cc1)Cc1c(F)cccc1F. The fraction of sp³-hybridized carbons (Fsp3) is 0.278. The van der Waals surface area contributed by atoms with E-state index in [0.29, 0.717) is 6.54 Å². The number of nitrogens with one attached hydrogen (secondary N) is 1. The van der Waals surface area contributed by atoms with Gasteiger partial charge in [-0.15, -0.1) is 0 Å². The third-order valence-electron chi connectivity index (χ3n) is 3.96. The summed E-state index contributed by atoms with van der Waals surface area (Å²) in [5, 5.41) is 2.48. The van der Waals surface area contributed by atoms with E-state index in [1.165, 1.54) is 23.1 Å². The maximum absolute atomic E-state index is 13.8. The topological polar surface area (TPSA) is 66.5 Å². The highest BCUT2D eigenvalue weighted by Gasteiger charge is 2.26.